The molecule has 0 saturated carbocycles. The molecule has 0 aromatic heterocycles. The second kappa shape index (κ2) is 13.7. The molecule has 2 amide bonds. The number of nitrogens with one attached hydrogen (secondary N) is 1. The summed E-state index contributed by atoms with van der Waals surface area (Å²) in [5, 5.41) is 2.57. The maximum Gasteiger partial charge on any atom is 0.244 e. The van der Waals surface area contributed by atoms with Crippen molar-refractivity contribution < 1.29 is 26.8 Å². The minimum absolute atomic E-state index is 0.0308. The van der Waals surface area contributed by atoms with Crippen LogP contribution in [0.15, 0.2) is 72.8 Å². The van der Waals surface area contributed by atoms with Crippen LogP contribution < -0.4 is 9.62 Å². The van der Waals surface area contributed by atoms with E-state index in [-0.39, 0.29) is 35.3 Å². The van der Waals surface area contributed by atoms with Crippen LogP contribution in [0.3, 0.4) is 0 Å². The molecule has 0 unspecified atom stereocenters. The molecule has 40 heavy (non-hydrogen) atoms. The molecule has 214 valence electrons. The maximum absolute atomic E-state index is 14.8. The summed E-state index contributed by atoms with van der Waals surface area (Å²) in [4.78, 5) is 28.7. The summed E-state index contributed by atoms with van der Waals surface area (Å²) in [6.07, 6.45) is 1.64. The molecule has 1 N–H and O–H groups in total. The molecule has 0 fully saturated rings. The van der Waals surface area contributed by atoms with E-state index in [9.17, 15) is 26.8 Å². The van der Waals surface area contributed by atoms with Crippen molar-refractivity contribution in [2.75, 3.05) is 17.1 Å². The van der Waals surface area contributed by atoms with Gasteiger partial charge in [-0.05, 0) is 43.2 Å². The molecule has 2 atom stereocenters. The number of anilines is 1. The van der Waals surface area contributed by atoms with Gasteiger partial charge in [-0.25, -0.2) is 17.2 Å². The summed E-state index contributed by atoms with van der Waals surface area (Å²) in [5.74, 6) is -2.55. The van der Waals surface area contributed by atoms with Crippen molar-refractivity contribution in [2.24, 2.45) is 0 Å². The van der Waals surface area contributed by atoms with Crippen LogP contribution in [0.2, 0.25) is 5.02 Å². The molecule has 3 aromatic carbocycles. The molecule has 0 aliphatic carbocycles. The summed E-state index contributed by atoms with van der Waals surface area (Å²) in [5.41, 5.74) is 0.876. The average molecular weight is 592 g/mol. The Morgan fingerprint density at radius 3 is 2.23 bits per heavy atom. The van der Waals surface area contributed by atoms with Crippen molar-refractivity contribution in [3.63, 3.8) is 0 Å². The highest BCUT2D eigenvalue weighted by Crippen LogP contribution is 2.25. The van der Waals surface area contributed by atoms with Crippen molar-refractivity contribution in [3.05, 3.63) is 101 Å². The van der Waals surface area contributed by atoms with Crippen LogP contribution in [-0.4, -0.2) is 50.0 Å². The van der Waals surface area contributed by atoms with E-state index >= 15 is 0 Å². The Balaban J connectivity index is 2.08. The third-order valence-electron chi connectivity index (χ3n) is 6.44. The van der Waals surface area contributed by atoms with Gasteiger partial charge in [0.1, 0.15) is 24.2 Å². The molecular formula is C29H32ClF2N3O4S. The fourth-order valence-electron chi connectivity index (χ4n) is 4.06. The number of hydrogen-bond acceptors (Lipinski definition) is 4. The minimum atomic E-state index is -4.05. The molecule has 0 aliphatic heterocycles. The maximum atomic E-state index is 14.8. The second-order valence-electron chi connectivity index (χ2n) is 9.50. The van der Waals surface area contributed by atoms with Gasteiger partial charge in [0.15, 0.2) is 0 Å². The molecule has 0 spiro atoms. The average Bonchev–Trinajstić information content (AvgIpc) is 2.91. The Labute approximate surface area is 238 Å². The van der Waals surface area contributed by atoms with E-state index in [1.54, 1.807) is 30.3 Å². The molecule has 0 bridgehead atoms. The number of sulfonamides is 1. The SMILES string of the molecule is CC[C@@H](C)NC(=O)[C@H](Cc1ccccc1)N(Cc1ccccc1F)C(=O)CN(c1ccc(F)c(Cl)c1)S(C)(=O)=O. The summed E-state index contributed by atoms with van der Waals surface area (Å²) in [6, 6.07) is 16.9. The van der Waals surface area contributed by atoms with E-state index in [4.69, 9.17) is 11.6 Å². The summed E-state index contributed by atoms with van der Waals surface area (Å²) in [7, 11) is -4.05. The van der Waals surface area contributed by atoms with E-state index in [0.29, 0.717) is 6.42 Å². The molecule has 0 heterocycles. The first kappa shape index (κ1) is 31.0. The van der Waals surface area contributed by atoms with E-state index < -0.39 is 46.1 Å². The summed E-state index contributed by atoms with van der Waals surface area (Å²) in [6.45, 7) is 2.71. The van der Waals surface area contributed by atoms with Gasteiger partial charge in [0, 0.05) is 24.6 Å². The number of rotatable bonds is 12. The van der Waals surface area contributed by atoms with Gasteiger partial charge >= 0.3 is 0 Å². The normalized spacial score (nSPS) is 12.8. The van der Waals surface area contributed by atoms with Gasteiger partial charge in [0.25, 0.3) is 0 Å². The number of carbonyl (C=O) groups is 2. The van der Waals surface area contributed by atoms with Crippen LogP contribution in [0.5, 0.6) is 0 Å². The highest BCUT2D eigenvalue weighted by Gasteiger charge is 2.34. The highest BCUT2D eigenvalue weighted by atomic mass is 35.5. The first-order chi connectivity index (χ1) is 18.9. The van der Waals surface area contributed by atoms with Crippen molar-refractivity contribution in [2.45, 2.75) is 45.3 Å². The lowest BCUT2D eigenvalue weighted by Gasteiger charge is -2.34. The zero-order valence-electron chi connectivity index (χ0n) is 22.5. The number of carbonyl (C=O) groups excluding carboxylic acids is 2. The van der Waals surface area contributed by atoms with E-state index in [1.165, 1.54) is 29.2 Å². The van der Waals surface area contributed by atoms with Crippen LogP contribution in [0.25, 0.3) is 0 Å². The van der Waals surface area contributed by atoms with Crippen LogP contribution in [0.1, 0.15) is 31.4 Å². The van der Waals surface area contributed by atoms with Gasteiger partial charge in [-0.2, -0.15) is 0 Å². The van der Waals surface area contributed by atoms with Gasteiger partial charge in [0.05, 0.1) is 17.0 Å². The molecule has 0 aliphatic rings. The van der Waals surface area contributed by atoms with Crippen LogP contribution in [-0.2, 0) is 32.6 Å². The number of benzene rings is 3. The molecule has 3 rings (SSSR count). The third kappa shape index (κ3) is 8.25. The number of nitrogens with zero attached hydrogens (tertiary/aromatic N) is 2. The zero-order chi connectivity index (χ0) is 29.4. The van der Waals surface area contributed by atoms with E-state index in [0.717, 1.165) is 28.3 Å². The third-order valence-corrected chi connectivity index (χ3v) is 7.87. The van der Waals surface area contributed by atoms with Crippen molar-refractivity contribution in [3.8, 4) is 0 Å². The predicted molar refractivity (Wildman–Crippen MR) is 152 cm³/mol. The number of amides is 2. The monoisotopic (exact) mass is 591 g/mol. The zero-order valence-corrected chi connectivity index (χ0v) is 24.1. The Kier molecular flexibility index (Phi) is 10.6. The first-order valence-electron chi connectivity index (χ1n) is 12.7. The van der Waals surface area contributed by atoms with Crippen LogP contribution in [0.4, 0.5) is 14.5 Å². The fraction of sp³-hybridized carbons (Fsp3) is 0.310. The number of halogens is 3. The van der Waals surface area contributed by atoms with Gasteiger partial charge in [-0.15, -0.1) is 0 Å². The molecule has 7 nitrogen and oxygen atoms in total. The van der Waals surface area contributed by atoms with Gasteiger partial charge in [-0.3, -0.25) is 13.9 Å². The Morgan fingerprint density at radius 1 is 0.975 bits per heavy atom. The second-order valence-corrected chi connectivity index (χ2v) is 11.8. The van der Waals surface area contributed by atoms with Gasteiger partial charge < -0.3 is 10.2 Å². The van der Waals surface area contributed by atoms with Crippen LogP contribution >= 0.6 is 11.6 Å². The Morgan fingerprint density at radius 2 is 1.62 bits per heavy atom. The standard InChI is InChI=1S/C29H32ClF2N3O4S/c1-4-20(2)33-29(37)27(16-21-10-6-5-7-11-21)34(18-22-12-8-9-13-25(22)31)28(36)19-35(40(3,38)39)23-14-15-26(32)24(30)17-23/h5-15,17,20,27H,4,16,18-19H2,1-3H3,(H,33,37)/t20-,27+/m1/s1. The van der Waals surface area contributed by atoms with E-state index in [2.05, 4.69) is 5.32 Å². The Bertz CT molecular complexity index is 1440. The molecule has 3 aromatic rings. The van der Waals surface area contributed by atoms with Crippen molar-refractivity contribution >= 4 is 39.1 Å². The smallest absolute Gasteiger partial charge is 0.244 e. The first-order valence-corrected chi connectivity index (χ1v) is 14.9. The minimum Gasteiger partial charge on any atom is -0.352 e. The number of hydrogen-bond donors (Lipinski definition) is 1. The van der Waals surface area contributed by atoms with Gasteiger partial charge in [0.2, 0.25) is 21.8 Å². The quantitative estimate of drug-likeness (QED) is 0.323. The molecule has 0 radical (unpaired) electrons. The lowest BCUT2D eigenvalue weighted by molar-refractivity contribution is -0.140. The molecular weight excluding hydrogens is 560 g/mol. The molecule has 11 heteroatoms. The highest BCUT2D eigenvalue weighted by molar-refractivity contribution is 7.92. The lowest BCUT2D eigenvalue weighted by atomic mass is 10.0. The summed E-state index contributed by atoms with van der Waals surface area (Å²) < 4.78 is 54.9. The van der Waals surface area contributed by atoms with Crippen molar-refractivity contribution in [1.29, 1.82) is 0 Å². The van der Waals surface area contributed by atoms with Crippen molar-refractivity contribution in [1.82, 2.24) is 10.2 Å². The fourth-order valence-corrected chi connectivity index (χ4v) is 5.08. The summed E-state index contributed by atoms with van der Waals surface area (Å²) >= 11 is 5.89. The lowest BCUT2D eigenvalue weighted by Crippen LogP contribution is -2.54. The Hall–Kier alpha value is -3.50. The predicted octanol–water partition coefficient (Wildman–Crippen LogP) is 4.94. The van der Waals surface area contributed by atoms with E-state index in [1.807, 2.05) is 19.9 Å². The van der Waals surface area contributed by atoms with Crippen LogP contribution in [0, 0.1) is 11.6 Å². The topological polar surface area (TPSA) is 86.8 Å². The largest absolute Gasteiger partial charge is 0.352 e. The van der Waals surface area contributed by atoms with Gasteiger partial charge in [-0.1, -0.05) is 67.1 Å². The molecule has 0 saturated heterocycles.